The smallest absolute Gasteiger partial charge is 0.101 e. The van der Waals surface area contributed by atoms with E-state index in [4.69, 9.17) is 0 Å². The summed E-state index contributed by atoms with van der Waals surface area (Å²) in [6, 6.07) is 4.61. The molecule has 18 heavy (non-hydrogen) atoms. The number of nitrogens with one attached hydrogen (secondary N) is 1. The van der Waals surface area contributed by atoms with Gasteiger partial charge in [-0.2, -0.15) is 0 Å². The van der Waals surface area contributed by atoms with Gasteiger partial charge in [0.05, 0.1) is 0 Å². The average molecular weight is 264 g/mol. The third kappa shape index (κ3) is 3.48. The molecular formula is C15H24N2S. The maximum Gasteiger partial charge on any atom is 0.101 e. The highest BCUT2D eigenvalue weighted by molar-refractivity contribution is 7.99. The number of hydrogen-bond donors (Lipinski definition) is 1. The topological polar surface area (TPSA) is 24.9 Å². The second-order valence-corrected chi connectivity index (χ2v) is 6.71. The second-order valence-electron chi connectivity index (χ2n) is 5.42. The molecule has 0 radical (unpaired) electrons. The lowest BCUT2D eigenvalue weighted by Gasteiger charge is -2.27. The molecule has 1 fully saturated rings. The van der Waals surface area contributed by atoms with Crippen LogP contribution in [0.4, 0.5) is 0 Å². The molecular weight excluding hydrogens is 240 g/mol. The molecule has 1 N–H and O–H groups in total. The number of hydrogen-bond acceptors (Lipinski definition) is 3. The van der Waals surface area contributed by atoms with Crippen LogP contribution in [-0.2, 0) is 0 Å². The second kappa shape index (κ2) is 6.58. The van der Waals surface area contributed by atoms with Crippen molar-refractivity contribution in [3.8, 4) is 0 Å². The van der Waals surface area contributed by atoms with E-state index in [1.54, 1.807) is 0 Å². The van der Waals surface area contributed by atoms with Crippen molar-refractivity contribution in [3.63, 3.8) is 0 Å². The molecule has 1 aromatic rings. The Labute approximate surface area is 115 Å². The molecule has 0 amide bonds. The number of thioether (sulfide) groups is 1. The number of pyridine rings is 1. The van der Waals surface area contributed by atoms with Crippen molar-refractivity contribution in [3.05, 3.63) is 23.9 Å². The first-order valence-electron chi connectivity index (χ1n) is 6.99. The molecule has 2 rings (SSSR count). The van der Waals surface area contributed by atoms with Gasteiger partial charge in [0.15, 0.2) is 0 Å². The van der Waals surface area contributed by atoms with E-state index >= 15 is 0 Å². The largest absolute Gasteiger partial charge is 0.313 e. The normalized spacial score (nSPS) is 25.9. The SMILES string of the molecule is CNC(C)c1cccnc1SC1CCCC(C)C1. The van der Waals surface area contributed by atoms with Crippen LogP contribution in [0.5, 0.6) is 0 Å². The molecule has 1 aromatic heterocycles. The summed E-state index contributed by atoms with van der Waals surface area (Å²) in [6.07, 6.45) is 7.38. The molecule has 0 saturated heterocycles. The maximum atomic E-state index is 4.59. The summed E-state index contributed by atoms with van der Waals surface area (Å²) in [4.78, 5) is 4.59. The molecule has 2 nitrogen and oxygen atoms in total. The average Bonchev–Trinajstić information content (AvgIpc) is 2.38. The van der Waals surface area contributed by atoms with E-state index in [0.29, 0.717) is 6.04 Å². The Balaban J connectivity index is 2.08. The molecule has 1 heterocycles. The summed E-state index contributed by atoms with van der Waals surface area (Å²) < 4.78 is 0. The van der Waals surface area contributed by atoms with E-state index in [0.717, 1.165) is 11.2 Å². The first-order valence-corrected chi connectivity index (χ1v) is 7.87. The van der Waals surface area contributed by atoms with Gasteiger partial charge in [0.2, 0.25) is 0 Å². The Morgan fingerprint density at radius 3 is 3.00 bits per heavy atom. The lowest BCUT2D eigenvalue weighted by molar-refractivity contribution is 0.394. The van der Waals surface area contributed by atoms with Crippen molar-refractivity contribution in [2.45, 2.75) is 55.8 Å². The van der Waals surface area contributed by atoms with Gasteiger partial charge in [0.25, 0.3) is 0 Å². The predicted molar refractivity (Wildman–Crippen MR) is 79.0 cm³/mol. The van der Waals surface area contributed by atoms with Crippen LogP contribution < -0.4 is 5.32 Å². The summed E-state index contributed by atoms with van der Waals surface area (Å²) >= 11 is 1.99. The van der Waals surface area contributed by atoms with Gasteiger partial charge in [0, 0.05) is 23.1 Å². The van der Waals surface area contributed by atoms with Crippen LogP contribution in [0.2, 0.25) is 0 Å². The first-order chi connectivity index (χ1) is 8.70. The van der Waals surface area contributed by atoms with Gasteiger partial charge in [0.1, 0.15) is 5.03 Å². The summed E-state index contributed by atoms with van der Waals surface area (Å²) in [5, 5.41) is 5.29. The fourth-order valence-electron chi connectivity index (χ4n) is 2.63. The van der Waals surface area contributed by atoms with E-state index in [9.17, 15) is 0 Å². The van der Waals surface area contributed by atoms with E-state index < -0.39 is 0 Å². The van der Waals surface area contributed by atoms with Gasteiger partial charge in [-0.15, -0.1) is 11.8 Å². The molecule has 0 bridgehead atoms. The Bertz CT molecular complexity index is 381. The van der Waals surface area contributed by atoms with Crippen molar-refractivity contribution in [1.29, 1.82) is 0 Å². The number of nitrogens with zero attached hydrogens (tertiary/aromatic N) is 1. The number of rotatable bonds is 4. The van der Waals surface area contributed by atoms with Crippen LogP contribution in [0.15, 0.2) is 23.4 Å². The van der Waals surface area contributed by atoms with Crippen LogP contribution in [0, 0.1) is 5.92 Å². The van der Waals surface area contributed by atoms with Gasteiger partial charge < -0.3 is 5.32 Å². The minimum absolute atomic E-state index is 0.377. The molecule has 1 saturated carbocycles. The van der Waals surface area contributed by atoms with Gasteiger partial charge in [-0.25, -0.2) is 4.98 Å². The quantitative estimate of drug-likeness (QED) is 0.888. The zero-order chi connectivity index (χ0) is 13.0. The van der Waals surface area contributed by atoms with Crippen LogP contribution in [0.1, 0.15) is 51.1 Å². The molecule has 3 atom stereocenters. The van der Waals surface area contributed by atoms with Crippen molar-refractivity contribution in [2.24, 2.45) is 5.92 Å². The molecule has 100 valence electrons. The first kappa shape index (κ1) is 13.9. The summed E-state index contributed by atoms with van der Waals surface area (Å²) in [5.74, 6) is 0.880. The Morgan fingerprint density at radius 1 is 1.44 bits per heavy atom. The van der Waals surface area contributed by atoms with E-state index in [1.807, 2.05) is 31.1 Å². The Kier molecular flexibility index (Phi) is 5.07. The maximum absolute atomic E-state index is 4.59. The van der Waals surface area contributed by atoms with Gasteiger partial charge in [-0.1, -0.05) is 25.8 Å². The zero-order valence-electron chi connectivity index (χ0n) is 11.6. The number of aromatic nitrogens is 1. The Morgan fingerprint density at radius 2 is 2.28 bits per heavy atom. The van der Waals surface area contributed by atoms with Crippen LogP contribution in [0.25, 0.3) is 0 Å². The van der Waals surface area contributed by atoms with E-state index in [1.165, 1.54) is 36.3 Å². The molecule has 3 unspecified atom stereocenters. The van der Waals surface area contributed by atoms with Crippen LogP contribution in [0.3, 0.4) is 0 Å². The third-order valence-corrected chi connectivity index (χ3v) is 5.19. The van der Waals surface area contributed by atoms with Crippen molar-refractivity contribution < 1.29 is 0 Å². The van der Waals surface area contributed by atoms with Crippen molar-refractivity contribution in [1.82, 2.24) is 10.3 Å². The lowest BCUT2D eigenvalue weighted by Crippen LogP contribution is -2.17. The molecule has 0 aliphatic heterocycles. The highest BCUT2D eigenvalue weighted by atomic mass is 32.2. The Hall–Kier alpha value is -0.540. The minimum Gasteiger partial charge on any atom is -0.313 e. The summed E-state index contributed by atoms with van der Waals surface area (Å²) in [5.41, 5.74) is 1.34. The summed E-state index contributed by atoms with van der Waals surface area (Å²) in [7, 11) is 2.01. The zero-order valence-corrected chi connectivity index (χ0v) is 12.5. The summed E-state index contributed by atoms with van der Waals surface area (Å²) in [6.45, 7) is 4.58. The third-order valence-electron chi connectivity index (χ3n) is 3.87. The fourth-order valence-corrected chi connectivity index (χ4v) is 4.16. The lowest BCUT2D eigenvalue weighted by atomic mass is 9.91. The molecule has 1 aliphatic carbocycles. The van der Waals surface area contributed by atoms with Gasteiger partial charge >= 0.3 is 0 Å². The van der Waals surface area contributed by atoms with E-state index in [2.05, 4.69) is 30.2 Å². The molecule has 0 spiro atoms. The van der Waals surface area contributed by atoms with Gasteiger partial charge in [-0.3, -0.25) is 0 Å². The van der Waals surface area contributed by atoms with Crippen molar-refractivity contribution >= 4 is 11.8 Å². The van der Waals surface area contributed by atoms with Crippen molar-refractivity contribution in [2.75, 3.05) is 7.05 Å². The van der Waals surface area contributed by atoms with Gasteiger partial charge in [-0.05, 0) is 38.8 Å². The molecule has 3 heteroatoms. The fraction of sp³-hybridized carbons (Fsp3) is 0.667. The predicted octanol–water partition coefficient (Wildman–Crippen LogP) is 4.03. The standard InChI is InChI=1S/C15H24N2S/c1-11-6-4-7-13(10-11)18-15-14(12(2)16-3)8-5-9-17-15/h5,8-9,11-13,16H,4,6-7,10H2,1-3H3. The molecule has 1 aliphatic rings. The highest BCUT2D eigenvalue weighted by Crippen LogP contribution is 2.37. The minimum atomic E-state index is 0.377. The monoisotopic (exact) mass is 264 g/mol. The van der Waals surface area contributed by atoms with Crippen LogP contribution in [-0.4, -0.2) is 17.3 Å². The molecule has 0 aromatic carbocycles. The van der Waals surface area contributed by atoms with E-state index in [-0.39, 0.29) is 0 Å². The highest BCUT2D eigenvalue weighted by Gasteiger charge is 2.22. The van der Waals surface area contributed by atoms with Crippen LogP contribution >= 0.6 is 11.8 Å².